The number of carbonyl (C=O) groups excluding carboxylic acids is 1. The van der Waals surface area contributed by atoms with Crippen molar-refractivity contribution in [1.29, 1.82) is 0 Å². The minimum Gasteiger partial charge on any atom is -0.454 e. The van der Waals surface area contributed by atoms with Crippen molar-refractivity contribution in [3.05, 3.63) is 12.2 Å². The summed E-state index contributed by atoms with van der Waals surface area (Å²) < 4.78 is 5.42. The van der Waals surface area contributed by atoms with Gasteiger partial charge in [0.15, 0.2) is 0 Å². The van der Waals surface area contributed by atoms with Crippen LogP contribution in [0.25, 0.3) is 0 Å². The molecule has 1 heterocycles. The van der Waals surface area contributed by atoms with Crippen LogP contribution in [0.2, 0.25) is 25.2 Å². The number of carbonyl (C=O) groups is 1. The van der Waals surface area contributed by atoms with Crippen molar-refractivity contribution >= 4 is 14.0 Å². The van der Waals surface area contributed by atoms with E-state index in [-0.39, 0.29) is 17.1 Å². The van der Waals surface area contributed by atoms with E-state index < -0.39 is 8.07 Å². The van der Waals surface area contributed by atoms with Crippen LogP contribution in [0.15, 0.2) is 12.2 Å². The summed E-state index contributed by atoms with van der Waals surface area (Å²) in [5, 5.41) is 0. The third-order valence-corrected chi connectivity index (χ3v) is 5.68. The third-order valence-electron chi connectivity index (χ3n) is 3.22. The number of esters is 1. The maximum absolute atomic E-state index is 11.5. The van der Waals surface area contributed by atoms with Crippen LogP contribution in [0.5, 0.6) is 0 Å². The third kappa shape index (κ3) is 1.34. The van der Waals surface area contributed by atoms with Crippen molar-refractivity contribution < 1.29 is 9.53 Å². The molecule has 1 fully saturated rings. The molecular weight excluding hydrogens is 192 g/mol. The molecule has 78 valence electrons. The monoisotopic (exact) mass is 210 g/mol. The van der Waals surface area contributed by atoms with E-state index in [1.165, 1.54) is 0 Å². The van der Waals surface area contributed by atoms with Gasteiger partial charge in [-0.15, -0.1) is 0 Å². The topological polar surface area (TPSA) is 26.3 Å². The Labute approximate surface area is 86.3 Å². The second-order valence-electron chi connectivity index (χ2n) is 5.47. The molecule has 1 saturated heterocycles. The molecule has 0 aromatic carbocycles. The first-order chi connectivity index (χ1) is 6.46. The van der Waals surface area contributed by atoms with Gasteiger partial charge < -0.3 is 4.74 Å². The molecule has 0 aromatic rings. The van der Waals surface area contributed by atoms with Crippen LogP contribution in [-0.2, 0) is 9.53 Å². The lowest BCUT2D eigenvalue weighted by Crippen LogP contribution is -2.61. The van der Waals surface area contributed by atoms with Crippen molar-refractivity contribution in [2.45, 2.75) is 50.0 Å². The Kier molecular flexibility index (Phi) is 2.10. The molecule has 0 saturated carbocycles. The van der Waals surface area contributed by atoms with E-state index in [0.29, 0.717) is 0 Å². The zero-order valence-corrected chi connectivity index (χ0v) is 10.2. The van der Waals surface area contributed by atoms with E-state index in [2.05, 4.69) is 31.8 Å². The highest BCUT2D eigenvalue weighted by molar-refractivity contribution is 6.81. The lowest BCUT2D eigenvalue weighted by atomic mass is 9.83. The van der Waals surface area contributed by atoms with Crippen LogP contribution in [0.4, 0.5) is 0 Å². The summed E-state index contributed by atoms with van der Waals surface area (Å²) in [6.45, 7) is 6.76. The van der Waals surface area contributed by atoms with Crippen LogP contribution < -0.4 is 0 Å². The van der Waals surface area contributed by atoms with Crippen LogP contribution >= 0.6 is 0 Å². The zero-order valence-electron chi connectivity index (χ0n) is 9.17. The first-order valence-corrected chi connectivity index (χ1v) is 8.94. The Bertz CT molecular complexity index is 290. The summed E-state index contributed by atoms with van der Waals surface area (Å²) in [6, 6.07) is 0. The van der Waals surface area contributed by atoms with E-state index in [4.69, 9.17) is 4.74 Å². The summed E-state index contributed by atoms with van der Waals surface area (Å²) >= 11 is 0. The molecule has 0 amide bonds. The smallest absolute Gasteiger partial charge is 0.311 e. The van der Waals surface area contributed by atoms with Gasteiger partial charge >= 0.3 is 5.97 Å². The summed E-state index contributed by atoms with van der Waals surface area (Å²) in [4.78, 5) is 11.5. The summed E-state index contributed by atoms with van der Waals surface area (Å²) in [7, 11) is -1.42. The van der Waals surface area contributed by atoms with E-state index >= 15 is 0 Å². The quantitative estimate of drug-likeness (QED) is 0.378. The van der Waals surface area contributed by atoms with Gasteiger partial charge in [-0.05, 0) is 25.3 Å². The standard InChI is InChI=1S/C11H18O2Si/c1-14(2,3)9-10(12)13-11(9)7-5-4-6-8-11/h5,7,9H,4,6,8H2,1-3H3. The van der Waals surface area contributed by atoms with Gasteiger partial charge in [-0.3, -0.25) is 4.79 Å². The molecule has 1 aliphatic heterocycles. The highest BCUT2D eigenvalue weighted by Gasteiger charge is 2.60. The maximum atomic E-state index is 11.5. The number of allylic oxidation sites excluding steroid dienone is 1. The highest BCUT2D eigenvalue weighted by atomic mass is 28.3. The summed E-state index contributed by atoms with van der Waals surface area (Å²) in [6.07, 6.45) is 7.64. The SMILES string of the molecule is C[Si](C)(C)C1C(=O)OC12C=CCCC2. The van der Waals surface area contributed by atoms with Gasteiger partial charge in [0.2, 0.25) is 0 Å². The van der Waals surface area contributed by atoms with Gasteiger partial charge in [-0.2, -0.15) is 0 Å². The molecule has 2 aliphatic rings. The van der Waals surface area contributed by atoms with Crippen LogP contribution in [-0.4, -0.2) is 19.6 Å². The molecule has 14 heavy (non-hydrogen) atoms. The Morgan fingerprint density at radius 1 is 1.50 bits per heavy atom. The molecule has 1 aliphatic carbocycles. The highest BCUT2D eigenvalue weighted by Crippen LogP contribution is 2.51. The molecule has 0 bridgehead atoms. The molecule has 0 radical (unpaired) electrons. The number of rotatable bonds is 1. The van der Waals surface area contributed by atoms with Crippen LogP contribution in [0.3, 0.4) is 0 Å². The lowest BCUT2D eigenvalue weighted by Gasteiger charge is -2.51. The van der Waals surface area contributed by atoms with Gasteiger partial charge in [-0.25, -0.2) is 0 Å². The van der Waals surface area contributed by atoms with Crippen molar-refractivity contribution in [2.75, 3.05) is 0 Å². The maximum Gasteiger partial charge on any atom is 0.311 e. The van der Waals surface area contributed by atoms with Crippen molar-refractivity contribution in [3.8, 4) is 0 Å². The van der Waals surface area contributed by atoms with E-state index in [1.807, 2.05) is 0 Å². The van der Waals surface area contributed by atoms with Gasteiger partial charge in [0.05, 0.1) is 13.6 Å². The molecule has 2 atom stereocenters. The molecule has 0 aromatic heterocycles. The average molecular weight is 210 g/mol. The molecule has 0 N–H and O–H groups in total. The summed E-state index contributed by atoms with van der Waals surface area (Å²) in [5.74, 6) is 0.0377. The molecular formula is C11H18O2Si. The second kappa shape index (κ2) is 2.96. The molecule has 2 nitrogen and oxygen atoms in total. The van der Waals surface area contributed by atoms with E-state index in [0.717, 1.165) is 19.3 Å². The number of hydrogen-bond donors (Lipinski definition) is 0. The lowest BCUT2D eigenvalue weighted by molar-refractivity contribution is -0.184. The van der Waals surface area contributed by atoms with Gasteiger partial charge in [0.25, 0.3) is 0 Å². The van der Waals surface area contributed by atoms with Crippen LogP contribution in [0.1, 0.15) is 19.3 Å². The Balaban J connectivity index is 2.26. The van der Waals surface area contributed by atoms with E-state index in [1.54, 1.807) is 0 Å². The fourth-order valence-electron chi connectivity index (χ4n) is 2.72. The largest absolute Gasteiger partial charge is 0.454 e. The zero-order chi connectivity index (χ0) is 10.4. The normalized spacial score (nSPS) is 36.8. The predicted octanol–water partition coefficient (Wildman–Crippen LogP) is 2.73. The van der Waals surface area contributed by atoms with E-state index in [9.17, 15) is 4.79 Å². The second-order valence-corrected chi connectivity index (χ2v) is 10.8. The Morgan fingerprint density at radius 2 is 2.21 bits per heavy atom. The first-order valence-electron chi connectivity index (χ1n) is 5.36. The van der Waals surface area contributed by atoms with Gasteiger partial charge in [0, 0.05) is 0 Å². The predicted molar refractivity (Wildman–Crippen MR) is 58.9 cm³/mol. The molecule has 2 unspecified atom stereocenters. The number of ether oxygens (including phenoxy) is 1. The minimum absolute atomic E-state index is 0.0377. The average Bonchev–Trinajstić information content (AvgIpc) is 2.01. The number of hydrogen-bond acceptors (Lipinski definition) is 2. The van der Waals surface area contributed by atoms with Crippen LogP contribution in [0, 0.1) is 0 Å². The van der Waals surface area contributed by atoms with Crippen molar-refractivity contribution in [1.82, 2.24) is 0 Å². The Morgan fingerprint density at radius 3 is 2.64 bits per heavy atom. The fraction of sp³-hybridized carbons (Fsp3) is 0.727. The van der Waals surface area contributed by atoms with Crippen molar-refractivity contribution in [3.63, 3.8) is 0 Å². The minimum atomic E-state index is -1.42. The first kappa shape index (κ1) is 9.96. The molecule has 1 spiro atoms. The van der Waals surface area contributed by atoms with Gasteiger partial charge in [0.1, 0.15) is 5.60 Å². The van der Waals surface area contributed by atoms with Crippen molar-refractivity contribution in [2.24, 2.45) is 0 Å². The van der Waals surface area contributed by atoms with Gasteiger partial charge in [-0.1, -0.05) is 25.7 Å². The molecule has 3 heteroatoms. The molecule has 2 rings (SSSR count). The Hall–Kier alpha value is -0.573. The fourth-order valence-corrected chi connectivity index (χ4v) is 5.25. The summed E-state index contributed by atoms with van der Waals surface area (Å²) in [5.41, 5.74) is -0.00802.